The zero-order valence-corrected chi connectivity index (χ0v) is 10.8. The molecule has 17 heavy (non-hydrogen) atoms. The number of hydrogen-bond donors (Lipinski definition) is 1. The van der Waals surface area contributed by atoms with Crippen LogP contribution in [0, 0.1) is 17.2 Å². The first-order valence-electron chi connectivity index (χ1n) is 6.57. The van der Waals surface area contributed by atoms with Gasteiger partial charge in [0.1, 0.15) is 5.84 Å². The summed E-state index contributed by atoms with van der Waals surface area (Å²) in [5.74, 6) is 2.31. The smallest absolute Gasteiger partial charge is 0.128 e. The van der Waals surface area contributed by atoms with Crippen LogP contribution in [0.15, 0.2) is 30.3 Å². The molecule has 2 nitrogen and oxygen atoms in total. The highest BCUT2D eigenvalue weighted by molar-refractivity contribution is 5.96. The van der Waals surface area contributed by atoms with E-state index < -0.39 is 0 Å². The Morgan fingerprint density at radius 2 is 1.76 bits per heavy atom. The van der Waals surface area contributed by atoms with Crippen LogP contribution in [0.3, 0.4) is 0 Å². The average molecular weight is 230 g/mol. The van der Waals surface area contributed by atoms with Crippen molar-refractivity contribution in [2.24, 2.45) is 11.8 Å². The van der Waals surface area contributed by atoms with Crippen LogP contribution in [0.5, 0.6) is 0 Å². The maximum Gasteiger partial charge on any atom is 0.128 e. The van der Waals surface area contributed by atoms with E-state index in [0.29, 0.717) is 5.84 Å². The molecule has 1 N–H and O–H groups in total. The number of hydrogen-bond acceptors (Lipinski definition) is 1. The summed E-state index contributed by atoms with van der Waals surface area (Å²) in [7, 11) is 0. The van der Waals surface area contributed by atoms with Crippen molar-refractivity contribution < 1.29 is 0 Å². The van der Waals surface area contributed by atoms with Gasteiger partial charge in [-0.3, -0.25) is 5.41 Å². The molecule has 0 saturated carbocycles. The number of benzene rings is 1. The molecule has 0 aromatic heterocycles. The van der Waals surface area contributed by atoms with Crippen molar-refractivity contribution in [3.8, 4) is 0 Å². The van der Waals surface area contributed by atoms with Gasteiger partial charge in [0.25, 0.3) is 0 Å². The normalized spacial score (nSPS) is 17.5. The Kier molecular flexibility index (Phi) is 3.82. The summed E-state index contributed by atoms with van der Waals surface area (Å²) in [6.45, 7) is 6.69. The number of nitrogens with one attached hydrogen (secondary N) is 1. The monoisotopic (exact) mass is 230 g/mol. The molecule has 2 heteroatoms. The molecule has 0 spiro atoms. The molecule has 1 aliphatic heterocycles. The van der Waals surface area contributed by atoms with Gasteiger partial charge in [0.15, 0.2) is 0 Å². The first-order chi connectivity index (χ1) is 8.18. The van der Waals surface area contributed by atoms with Crippen LogP contribution in [0.25, 0.3) is 0 Å². The second kappa shape index (κ2) is 5.35. The van der Waals surface area contributed by atoms with Gasteiger partial charge < -0.3 is 4.90 Å². The van der Waals surface area contributed by atoms with E-state index in [1.807, 2.05) is 30.3 Å². The third kappa shape index (κ3) is 2.87. The molecular weight excluding hydrogens is 208 g/mol. The van der Waals surface area contributed by atoms with E-state index in [-0.39, 0.29) is 0 Å². The minimum absolute atomic E-state index is 0.688. The van der Waals surface area contributed by atoms with Crippen LogP contribution < -0.4 is 0 Å². The maximum atomic E-state index is 8.22. The predicted octanol–water partition coefficient (Wildman–Crippen LogP) is 3.38. The number of piperidine rings is 1. The van der Waals surface area contributed by atoms with E-state index in [1.54, 1.807) is 0 Å². The van der Waals surface area contributed by atoms with Gasteiger partial charge in [0.2, 0.25) is 0 Å². The molecule has 1 aromatic rings. The maximum absolute atomic E-state index is 8.22. The molecule has 0 radical (unpaired) electrons. The molecule has 1 heterocycles. The van der Waals surface area contributed by atoms with Gasteiger partial charge in [-0.15, -0.1) is 0 Å². The first kappa shape index (κ1) is 12.2. The van der Waals surface area contributed by atoms with Crippen LogP contribution in [0.4, 0.5) is 0 Å². The molecule has 0 atom stereocenters. The van der Waals surface area contributed by atoms with Crippen molar-refractivity contribution in [3.05, 3.63) is 35.9 Å². The van der Waals surface area contributed by atoms with Gasteiger partial charge in [-0.25, -0.2) is 0 Å². The standard InChI is InChI=1S/C15H22N2/c1-12(2)13-8-10-17(11-9-13)15(16)14-6-4-3-5-7-14/h3-7,12-13,16H,8-11H2,1-2H3. The molecule has 1 fully saturated rings. The molecule has 0 bridgehead atoms. The lowest BCUT2D eigenvalue weighted by Gasteiger charge is -2.35. The average Bonchev–Trinajstić information content (AvgIpc) is 2.39. The third-order valence-electron chi connectivity index (χ3n) is 3.85. The van der Waals surface area contributed by atoms with Crippen molar-refractivity contribution in [3.63, 3.8) is 0 Å². The van der Waals surface area contributed by atoms with Crippen LogP contribution in [-0.2, 0) is 0 Å². The molecule has 92 valence electrons. The Labute approximate surface area is 104 Å². The lowest BCUT2D eigenvalue weighted by molar-refractivity contribution is 0.219. The Balaban J connectivity index is 1.95. The number of rotatable bonds is 2. The molecule has 1 aromatic carbocycles. The van der Waals surface area contributed by atoms with Crippen molar-refractivity contribution >= 4 is 5.84 Å². The molecule has 1 aliphatic rings. The van der Waals surface area contributed by atoms with Gasteiger partial charge in [0, 0.05) is 18.7 Å². The SMILES string of the molecule is CC(C)C1CCN(C(=N)c2ccccc2)CC1. The molecule has 2 rings (SSSR count). The minimum atomic E-state index is 0.688. The van der Waals surface area contributed by atoms with Crippen LogP contribution in [0.2, 0.25) is 0 Å². The van der Waals surface area contributed by atoms with Gasteiger partial charge >= 0.3 is 0 Å². The largest absolute Gasteiger partial charge is 0.357 e. The fourth-order valence-corrected chi connectivity index (χ4v) is 2.57. The van der Waals surface area contributed by atoms with Crippen molar-refractivity contribution in [2.45, 2.75) is 26.7 Å². The summed E-state index contributed by atoms with van der Waals surface area (Å²) in [4.78, 5) is 2.22. The molecule has 0 amide bonds. The molecular formula is C15H22N2. The van der Waals surface area contributed by atoms with Gasteiger partial charge in [-0.2, -0.15) is 0 Å². The topological polar surface area (TPSA) is 27.1 Å². The van der Waals surface area contributed by atoms with Crippen molar-refractivity contribution in [2.75, 3.05) is 13.1 Å². The summed E-state index contributed by atoms with van der Waals surface area (Å²) >= 11 is 0. The van der Waals surface area contributed by atoms with E-state index in [1.165, 1.54) is 12.8 Å². The van der Waals surface area contributed by atoms with E-state index in [9.17, 15) is 0 Å². The van der Waals surface area contributed by atoms with Gasteiger partial charge in [-0.05, 0) is 24.7 Å². The van der Waals surface area contributed by atoms with Crippen LogP contribution in [-0.4, -0.2) is 23.8 Å². The summed E-state index contributed by atoms with van der Waals surface area (Å²) < 4.78 is 0. The Bertz CT molecular complexity index is 362. The number of likely N-dealkylation sites (tertiary alicyclic amines) is 1. The van der Waals surface area contributed by atoms with Crippen LogP contribution in [0.1, 0.15) is 32.3 Å². The molecule has 0 aliphatic carbocycles. The lowest BCUT2D eigenvalue weighted by Crippen LogP contribution is -2.39. The third-order valence-corrected chi connectivity index (χ3v) is 3.85. The summed E-state index contributed by atoms with van der Waals surface area (Å²) in [5.41, 5.74) is 1.04. The van der Waals surface area contributed by atoms with Crippen molar-refractivity contribution in [1.82, 2.24) is 4.90 Å². The Hall–Kier alpha value is -1.31. The predicted molar refractivity (Wildman–Crippen MR) is 72.4 cm³/mol. The molecule has 1 saturated heterocycles. The van der Waals surface area contributed by atoms with Gasteiger partial charge in [0.05, 0.1) is 0 Å². The number of amidine groups is 1. The number of nitrogens with zero attached hydrogens (tertiary/aromatic N) is 1. The highest BCUT2D eigenvalue weighted by Gasteiger charge is 2.23. The first-order valence-corrected chi connectivity index (χ1v) is 6.57. The molecule has 0 unspecified atom stereocenters. The van der Waals surface area contributed by atoms with E-state index >= 15 is 0 Å². The Morgan fingerprint density at radius 3 is 2.29 bits per heavy atom. The zero-order valence-electron chi connectivity index (χ0n) is 10.8. The van der Waals surface area contributed by atoms with E-state index in [2.05, 4.69) is 18.7 Å². The fraction of sp³-hybridized carbons (Fsp3) is 0.533. The van der Waals surface area contributed by atoms with Crippen molar-refractivity contribution in [1.29, 1.82) is 5.41 Å². The highest BCUT2D eigenvalue weighted by atomic mass is 15.2. The summed E-state index contributed by atoms with van der Waals surface area (Å²) in [5, 5.41) is 8.22. The highest BCUT2D eigenvalue weighted by Crippen LogP contribution is 2.25. The zero-order chi connectivity index (χ0) is 12.3. The van der Waals surface area contributed by atoms with E-state index in [0.717, 1.165) is 30.5 Å². The second-order valence-electron chi connectivity index (χ2n) is 5.28. The van der Waals surface area contributed by atoms with Crippen LogP contribution >= 0.6 is 0 Å². The second-order valence-corrected chi connectivity index (χ2v) is 5.28. The minimum Gasteiger partial charge on any atom is -0.357 e. The van der Waals surface area contributed by atoms with Gasteiger partial charge in [-0.1, -0.05) is 44.2 Å². The summed E-state index contributed by atoms with van der Waals surface area (Å²) in [6.07, 6.45) is 2.46. The fourth-order valence-electron chi connectivity index (χ4n) is 2.57. The Morgan fingerprint density at radius 1 is 1.18 bits per heavy atom. The summed E-state index contributed by atoms with van der Waals surface area (Å²) in [6, 6.07) is 10.1. The van der Waals surface area contributed by atoms with E-state index in [4.69, 9.17) is 5.41 Å². The quantitative estimate of drug-likeness (QED) is 0.612. The lowest BCUT2D eigenvalue weighted by atomic mass is 9.86.